The van der Waals surface area contributed by atoms with Crippen molar-refractivity contribution < 1.29 is 52.9 Å². The van der Waals surface area contributed by atoms with E-state index in [4.69, 9.17) is 4.84 Å². The van der Waals surface area contributed by atoms with Gasteiger partial charge in [0.2, 0.25) is 0 Å². The lowest BCUT2D eigenvalue weighted by atomic mass is 10.0. The quantitative estimate of drug-likeness (QED) is 0.208. The lowest BCUT2D eigenvalue weighted by Crippen LogP contribution is -2.54. The van der Waals surface area contributed by atoms with Gasteiger partial charge in [0.05, 0.1) is 0 Å². The number of rotatable bonds is 9. The first-order valence-corrected chi connectivity index (χ1v) is 22.7. The minimum absolute atomic E-state index is 0.0618. The number of imide groups is 3. The topological polar surface area (TPSA) is 196 Å². The van der Waals surface area contributed by atoms with Gasteiger partial charge in [-0.1, -0.05) is 119 Å². The Morgan fingerprint density at radius 3 is 1.26 bits per heavy atom. The van der Waals surface area contributed by atoms with Crippen LogP contribution in [-0.4, -0.2) is 129 Å². The van der Waals surface area contributed by atoms with Gasteiger partial charge in [0.1, 0.15) is 0 Å². The van der Waals surface area contributed by atoms with Crippen molar-refractivity contribution in [3.63, 3.8) is 0 Å². The summed E-state index contributed by atoms with van der Waals surface area (Å²) in [6, 6.07) is 39.1. The molecule has 5 aliphatic rings. The van der Waals surface area contributed by atoms with E-state index in [9.17, 15) is 38.4 Å². The summed E-state index contributed by atoms with van der Waals surface area (Å²) in [7, 11) is 0. The maximum Gasteiger partial charge on any atom is 0.560 e. The molecule has 0 aliphatic carbocycles. The number of hydrogen-bond acceptors (Lipinski definition) is 14. The van der Waals surface area contributed by atoms with Gasteiger partial charge in [-0.15, -0.1) is 5.06 Å². The number of nitrogens with one attached hydrogen (secondary N) is 1. The van der Waals surface area contributed by atoms with Gasteiger partial charge in [-0.25, -0.2) is 4.79 Å². The molecule has 5 aliphatic heterocycles. The molecule has 4 aromatic rings. The Morgan fingerprint density at radius 2 is 0.868 bits per heavy atom. The molecule has 356 valence electrons. The summed E-state index contributed by atoms with van der Waals surface area (Å²) in [6.07, 6.45) is -2.18. The molecule has 5 heterocycles. The zero-order chi connectivity index (χ0) is 48.2. The highest BCUT2D eigenvalue weighted by Crippen LogP contribution is 2.23. The van der Waals surface area contributed by atoms with E-state index in [0.717, 1.165) is 32.7 Å². The summed E-state index contributed by atoms with van der Waals surface area (Å²) < 4.78 is 0. The summed E-state index contributed by atoms with van der Waals surface area (Å²) in [4.78, 5) is 111. The highest BCUT2D eigenvalue weighted by atomic mass is 16.9. The van der Waals surface area contributed by atoms with Crippen molar-refractivity contribution in [2.45, 2.75) is 77.5 Å². The van der Waals surface area contributed by atoms with Crippen LogP contribution < -0.4 is 5.32 Å². The molecule has 2 unspecified atom stereocenters. The van der Waals surface area contributed by atoms with Crippen LogP contribution in [-0.2, 0) is 56.4 Å². The number of benzene rings is 4. The minimum atomic E-state index is -1.48. The van der Waals surface area contributed by atoms with Crippen LogP contribution in [0.2, 0.25) is 0 Å². The molecule has 0 aromatic heterocycles. The summed E-state index contributed by atoms with van der Waals surface area (Å²) in [6.45, 7) is 11.2. The number of hydroxylamine groups is 6. The smallest absolute Gasteiger partial charge is 0.314 e. The zero-order valence-corrected chi connectivity index (χ0v) is 38.1. The van der Waals surface area contributed by atoms with Crippen LogP contribution in [0.15, 0.2) is 109 Å². The number of nitrogens with zero attached hydrogens (tertiary/aromatic N) is 6. The fourth-order valence-electron chi connectivity index (χ4n) is 8.12. The third kappa shape index (κ3) is 12.8. The first-order valence-electron chi connectivity index (χ1n) is 22.7. The van der Waals surface area contributed by atoms with Crippen molar-refractivity contribution >= 4 is 47.7 Å². The zero-order valence-electron chi connectivity index (χ0n) is 38.1. The molecule has 0 bridgehead atoms. The first-order chi connectivity index (χ1) is 32.8. The van der Waals surface area contributed by atoms with E-state index < -0.39 is 47.7 Å². The van der Waals surface area contributed by atoms with Gasteiger partial charge in [0.15, 0.2) is 0 Å². The standard InChI is InChI=1S/C23H25N3O4.C18H22N2.C9H8N2O7/c1-17-15-25(23(29)30-26-21(27)11-12-22(26)28)14-13-24(17)16-18-7-9-20(10-8-18)19-5-3-2-4-6-19;1-15-13-19-11-12-20(15)14-16-7-9-18(10-8-16)17-5-3-2-4-6-17;12-5-1-2-6(13)10(5)17-9(16)18-11-7(14)3-4-8(11)15/h2-10,17H,11-16H2,1H3;2-10,15,19H,11-14H2,1H3;1-4H2. The van der Waals surface area contributed by atoms with Crippen LogP contribution in [0.5, 0.6) is 0 Å². The molecule has 9 rings (SSSR count). The third-order valence-corrected chi connectivity index (χ3v) is 12.1. The second-order valence-corrected chi connectivity index (χ2v) is 17.0. The summed E-state index contributed by atoms with van der Waals surface area (Å²) in [5, 5.41) is 4.56. The molecule has 68 heavy (non-hydrogen) atoms. The molecule has 0 saturated carbocycles. The van der Waals surface area contributed by atoms with Crippen molar-refractivity contribution in [2.24, 2.45) is 0 Å². The van der Waals surface area contributed by atoms with E-state index in [-0.39, 0.29) is 54.7 Å². The molecule has 18 nitrogen and oxygen atoms in total. The van der Waals surface area contributed by atoms with Crippen molar-refractivity contribution in [1.82, 2.24) is 35.2 Å². The summed E-state index contributed by atoms with van der Waals surface area (Å²) in [5.41, 5.74) is 7.58. The number of amides is 7. The average molecular weight is 930 g/mol. The number of piperazine rings is 2. The minimum Gasteiger partial charge on any atom is -0.314 e. The highest BCUT2D eigenvalue weighted by molar-refractivity contribution is 6.03. The lowest BCUT2D eigenvalue weighted by Gasteiger charge is -2.39. The molecule has 5 fully saturated rings. The molecule has 4 aromatic carbocycles. The second kappa shape index (κ2) is 23.0. The average Bonchev–Trinajstić information content (AvgIpc) is 3.97. The van der Waals surface area contributed by atoms with E-state index in [1.165, 1.54) is 33.4 Å². The lowest BCUT2D eigenvalue weighted by molar-refractivity contribution is -0.198. The molecule has 0 spiro atoms. The fourth-order valence-corrected chi connectivity index (χ4v) is 8.12. The molecule has 5 saturated heterocycles. The molecular formula is C50H55N7O11. The van der Waals surface area contributed by atoms with Crippen LogP contribution in [0.25, 0.3) is 22.3 Å². The van der Waals surface area contributed by atoms with E-state index in [1.54, 1.807) is 4.90 Å². The molecule has 18 heteroatoms. The Kier molecular flexibility index (Phi) is 16.4. The van der Waals surface area contributed by atoms with Crippen LogP contribution in [0.4, 0.5) is 9.59 Å². The van der Waals surface area contributed by atoms with Gasteiger partial charge in [-0.3, -0.25) is 48.2 Å². The first kappa shape index (κ1) is 48.6. The molecule has 2 atom stereocenters. The monoisotopic (exact) mass is 929 g/mol. The maximum atomic E-state index is 12.4. The van der Waals surface area contributed by atoms with Gasteiger partial charge < -0.3 is 15.1 Å². The van der Waals surface area contributed by atoms with Gasteiger partial charge >= 0.3 is 12.2 Å². The highest BCUT2D eigenvalue weighted by Gasteiger charge is 2.38. The normalized spacial score (nSPS) is 19.9. The van der Waals surface area contributed by atoms with Crippen LogP contribution >= 0.6 is 0 Å². The van der Waals surface area contributed by atoms with Crippen LogP contribution in [0.3, 0.4) is 0 Å². The molecule has 0 radical (unpaired) electrons. The second-order valence-electron chi connectivity index (χ2n) is 17.0. The van der Waals surface area contributed by atoms with Gasteiger partial charge in [0.25, 0.3) is 35.4 Å². The van der Waals surface area contributed by atoms with Gasteiger partial charge in [-0.05, 0) is 47.2 Å². The summed E-state index contributed by atoms with van der Waals surface area (Å²) >= 11 is 0. The van der Waals surface area contributed by atoms with Crippen molar-refractivity contribution in [3.05, 3.63) is 120 Å². The van der Waals surface area contributed by atoms with E-state index in [1.807, 2.05) is 18.2 Å². The van der Waals surface area contributed by atoms with E-state index in [0.29, 0.717) is 30.7 Å². The van der Waals surface area contributed by atoms with Crippen LogP contribution in [0.1, 0.15) is 63.5 Å². The number of carbonyl (C=O) groups is 8. The van der Waals surface area contributed by atoms with Crippen molar-refractivity contribution in [2.75, 3.05) is 39.3 Å². The van der Waals surface area contributed by atoms with Crippen molar-refractivity contribution in [3.8, 4) is 22.3 Å². The van der Waals surface area contributed by atoms with Gasteiger partial charge in [0, 0.05) is 103 Å². The molecule has 7 amide bonds. The van der Waals surface area contributed by atoms with E-state index in [2.05, 4.69) is 130 Å². The maximum absolute atomic E-state index is 12.4. The Bertz CT molecular complexity index is 2370. The fraction of sp³-hybridized carbons (Fsp3) is 0.360. The Labute approximate surface area is 394 Å². The SMILES string of the molecule is CC1CN(C(=O)ON2C(=O)CCC2=O)CCN1Cc1ccc(-c2ccccc2)cc1.CC1CNCCN1Cc1ccc(-c2ccccc2)cc1.O=C(ON1C(=O)CCC1=O)ON1C(=O)CCC1=O. The predicted molar refractivity (Wildman–Crippen MR) is 245 cm³/mol. The van der Waals surface area contributed by atoms with Crippen molar-refractivity contribution in [1.29, 1.82) is 0 Å². The Balaban J connectivity index is 0.000000158. The molecule has 1 N–H and O–H groups in total. The number of carbonyl (C=O) groups excluding carboxylic acids is 8. The summed E-state index contributed by atoms with van der Waals surface area (Å²) in [5.74, 6) is -3.66. The van der Waals surface area contributed by atoms with Crippen LogP contribution in [0, 0.1) is 0 Å². The third-order valence-electron chi connectivity index (χ3n) is 12.1. The number of hydrogen-bond donors (Lipinski definition) is 1. The Morgan fingerprint density at radius 1 is 0.485 bits per heavy atom. The largest absolute Gasteiger partial charge is 0.560 e. The van der Waals surface area contributed by atoms with Gasteiger partial charge in [-0.2, -0.15) is 4.79 Å². The molecular weight excluding hydrogens is 875 g/mol. The predicted octanol–water partition coefficient (Wildman–Crippen LogP) is 5.48. The van der Waals surface area contributed by atoms with E-state index >= 15 is 0 Å². The Hall–Kier alpha value is -7.28.